The van der Waals surface area contributed by atoms with Gasteiger partial charge in [0.05, 0.1) is 7.11 Å². The van der Waals surface area contributed by atoms with Gasteiger partial charge in [0.1, 0.15) is 12.0 Å². The maximum atomic E-state index is 12.2. The van der Waals surface area contributed by atoms with Crippen LogP contribution in [0, 0.1) is 5.92 Å². The fourth-order valence-corrected chi connectivity index (χ4v) is 2.10. The molecule has 1 aliphatic rings. The van der Waals surface area contributed by atoms with Crippen molar-refractivity contribution in [3.63, 3.8) is 0 Å². The average Bonchev–Trinajstić information content (AvgIpc) is 2.46. The molecule has 0 saturated carbocycles. The van der Waals surface area contributed by atoms with Crippen LogP contribution >= 0.6 is 0 Å². The van der Waals surface area contributed by atoms with Crippen molar-refractivity contribution in [1.82, 2.24) is 14.9 Å². The summed E-state index contributed by atoms with van der Waals surface area (Å²) in [4.78, 5) is 32.7. The third-order valence-corrected chi connectivity index (χ3v) is 3.25. The molecule has 2 amide bonds. The Kier molecular flexibility index (Phi) is 3.94. The van der Waals surface area contributed by atoms with Crippen LogP contribution in [0.2, 0.25) is 0 Å². The number of aromatic nitrogens is 2. The van der Waals surface area contributed by atoms with E-state index in [-0.39, 0.29) is 17.7 Å². The minimum absolute atomic E-state index is 0.135. The van der Waals surface area contributed by atoms with Gasteiger partial charge in [-0.15, -0.1) is 0 Å². The number of nitrogens with two attached hydrogens (primary N) is 1. The van der Waals surface area contributed by atoms with Gasteiger partial charge in [0.15, 0.2) is 0 Å². The van der Waals surface area contributed by atoms with Crippen LogP contribution in [-0.2, 0) is 4.79 Å². The molecular formula is C12H16N4O3. The van der Waals surface area contributed by atoms with Crippen molar-refractivity contribution in [2.45, 2.75) is 12.8 Å². The molecule has 0 radical (unpaired) electrons. The standard InChI is InChI=1S/C12H16N4O3/c1-19-10-6-9(14-7-15-10)12(18)16-4-2-8(3-5-16)11(13)17/h6-8H,2-5H2,1H3,(H2,13,17). The SMILES string of the molecule is COc1cc(C(=O)N2CCC(C(N)=O)CC2)ncn1. The number of hydrogen-bond donors (Lipinski definition) is 1. The van der Waals surface area contributed by atoms with Gasteiger partial charge in [-0.1, -0.05) is 0 Å². The Morgan fingerprint density at radius 2 is 2.05 bits per heavy atom. The summed E-state index contributed by atoms with van der Waals surface area (Å²) in [7, 11) is 1.48. The molecule has 0 aromatic carbocycles. The first-order valence-electron chi connectivity index (χ1n) is 6.06. The lowest BCUT2D eigenvalue weighted by Crippen LogP contribution is -2.42. The second-order valence-corrected chi connectivity index (χ2v) is 4.41. The van der Waals surface area contributed by atoms with E-state index in [1.54, 1.807) is 4.90 Å². The maximum absolute atomic E-state index is 12.2. The van der Waals surface area contributed by atoms with Crippen LogP contribution in [0.3, 0.4) is 0 Å². The van der Waals surface area contributed by atoms with E-state index in [0.29, 0.717) is 37.5 Å². The summed E-state index contributed by atoms with van der Waals surface area (Å²) in [6.45, 7) is 1.03. The van der Waals surface area contributed by atoms with Crippen LogP contribution in [0.15, 0.2) is 12.4 Å². The van der Waals surface area contributed by atoms with Gasteiger partial charge in [0, 0.05) is 25.1 Å². The molecule has 1 aromatic rings. The molecule has 0 unspecified atom stereocenters. The van der Waals surface area contributed by atoms with Gasteiger partial charge in [-0.05, 0) is 12.8 Å². The number of methoxy groups -OCH3 is 1. The quantitative estimate of drug-likeness (QED) is 0.816. The van der Waals surface area contributed by atoms with E-state index >= 15 is 0 Å². The van der Waals surface area contributed by atoms with Crippen LogP contribution in [0.5, 0.6) is 5.88 Å². The van der Waals surface area contributed by atoms with E-state index in [2.05, 4.69) is 9.97 Å². The number of nitrogens with zero attached hydrogens (tertiary/aromatic N) is 3. The summed E-state index contributed by atoms with van der Waals surface area (Å²) >= 11 is 0. The first-order valence-corrected chi connectivity index (χ1v) is 6.06. The number of carbonyl (C=O) groups is 2. The fraction of sp³-hybridized carbons (Fsp3) is 0.500. The van der Waals surface area contributed by atoms with Gasteiger partial charge in [0.2, 0.25) is 11.8 Å². The lowest BCUT2D eigenvalue weighted by Gasteiger charge is -2.30. The topological polar surface area (TPSA) is 98.4 Å². The smallest absolute Gasteiger partial charge is 0.272 e. The Balaban J connectivity index is 2.02. The van der Waals surface area contributed by atoms with E-state index in [9.17, 15) is 9.59 Å². The largest absolute Gasteiger partial charge is 0.481 e. The first-order chi connectivity index (χ1) is 9.11. The Labute approximate surface area is 110 Å². The molecule has 19 heavy (non-hydrogen) atoms. The molecule has 2 N–H and O–H groups in total. The molecular weight excluding hydrogens is 248 g/mol. The number of primary amides is 1. The second kappa shape index (κ2) is 5.64. The third-order valence-electron chi connectivity index (χ3n) is 3.25. The Hall–Kier alpha value is -2.18. The normalized spacial score (nSPS) is 16.2. The molecule has 2 rings (SSSR count). The minimum Gasteiger partial charge on any atom is -0.481 e. The molecule has 2 heterocycles. The zero-order valence-corrected chi connectivity index (χ0v) is 10.7. The van der Waals surface area contributed by atoms with Gasteiger partial charge in [0.25, 0.3) is 5.91 Å². The van der Waals surface area contributed by atoms with Crippen LogP contribution in [0.25, 0.3) is 0 Å². The van der Waals surface area contributed by atoms with Gasteiger partial charge in [-0.3, -0.25) is 9.59 Å². The number of carbonyl (C=O) groups excluding carboxylic acids is 2. The van der Waals surface area contributed by atoms with Crippen molar-refractivity contribution in [3.8, 4) is 5.88 Å². The average molecular weight is 264 g/mol. The summed E-state index contributed by atoms with van der Waals surface area (Å²) in [6.07, 6.45) is 2.49. The summed E-state index contributed by atoms with van der Waals surface area (Å²) in [5.74, 6) is -0.256. The van der Waals surface area contributed by atoms with Crippen molar-refractivity contribution < 1.29 is 14.3 Å². The molecule has 0 aliphatic carbocycles. The molecule has 0 spiro atoms. The molecule has 1 aromatic heterocycles. The summed E-state index contributed by atoms with van der Waals surface area (Å²) < 4.78 is 4.96. The molecule has 0 bridgehead atoms. The highest BCUT2D eigenvalue weighted by molar-refractivity contribution is 5.92. The molecule has 1 aliphatic heterocycles. The second-order valence-electron chi connectivity index (χ2n) is 4.41. The molecule has 1 fully saturated rings. The molecule has 1 saturated heterocycles. The van der Waals surface area contributed by atoms with Crippen LogP contribution in [0.1, 0.15) is 23.3 Å². The van der Waals surface area contributed by atoms with E-state index in [1.165, 1.54) is 19.5 Å². The van der Waals surface area contributed by atoms with Gasteiger partial charge in [-0.25, -0.2) is 9.97 Å². The van der Waals surface area contributed by atoms with Crippen molar-refractivity contribution in [2.24, 2.45) is 11.7 Å². The minimum atomic E-state index is -0.296. The number of amides is 2. The van der Waals surface area contributed by atoms with E-state index in [0.717, 1.165) is 0 Å². The Morgan fingerprint density at radius 3 is 2.63 bits per heavy atom. The van der Waals surface area contributed by atoms with Crippen molar-refractivity contribution >= 4 is 11.8 Å². The number of piperidine rings is 1. The zero-order valence-electron chi connectivity index (χ0n) is 10.7. The predicted octanol–water partition coefficient (Wildman–Crippen LogP) is -0.177. The Bertz CT molecular complexity index is 484. The van der Waals surface area contributed by atoms with Crippen LogP contribution in [0.4, 0.5) is 0 Å². The van der Waals surface area contributed by atoms with Crippen molar-refractivity contribution in [1.29, 1.82) is 0 Å². The monoisotopic (exact) mass is 264 g/mol. The third kappa shape index (κ3) is 2.98. The van der Waals surface area contributed by atoms with Gasteiger partial charge < -0.3 is 15.4 Å². The summed E-state index contributed by atoms with van der Waals surface area (Å²) in [6, 6.07) is 1.50. The van der Waals surface area contributed by atoms with Crippen molar-refractivity contribution in [3.05, 3.63) is 18.1 Å². The van der Waals surface area contributed by atoms with Gasteiger partial charge >= 0.3 is 0 Å². The lowest BCUT2D eigenvalue weighted by molar-refractivity contribution is -0.123. The van der Waals surface area contributed by atoms with E-state index in [1.807, 2.05) is 0 Å². The van der Waals surface area contributed by atoms with Crippen molar-refractivity contribution in [2.75, 3.05) is 20.2 Å². The van der Waals surface area contributed by atoms with Crippen LogP contribution < -0.4 is 10.5 Å². The first kappa shape index (κ1) is 13.3. The number of hydrogen-bond acceptors (Lipinski definition) is 5. The highest BCUT2D eigenvalue weighted by Crippen LogP contribution is 2.18. The lowest BCUT2D eigenvalue weighted by atomic mass is 9.96. The maximum Gasteiger partial charge on any atom is 0.272 e. The Morgan fingerprint density at radius 1 is 1.37 bits per heavy atom. The van der Waals surface area contributed by atoms with Crippen LogP contribution in [-0.4, -0.2) is 46.9 Å². The number of rotatable bonds is 3. The number of ether oxygens (including phenoxy) is 1. The molecule has 0 atom stereocenters. The summed E-state index contributed by atoms with van der Waals surface area (Å²) in [5, 5.41) is 0. The predicted molar refractivity (Wildman–Crippen MR) is 66.4 cm³/mol. The van der Waals surface area contributed by atoms with E-state index < -0.39 is 0 Å². The highest BCUT2D eigenvalue weighted by Gasteiger charge is 2.27. The highest BCUT2D eigenvalue weighted by atomic mass is 16.5. The zero-order chi connectivity index (χ0) is 13.8. The number of likely N-dealkylation sites (tertiary alicyclic amines) is 1. The fourth-order valence-electron chi connectivity index (χ4n) is 2.10. The van der Waals surface area contributed by atoms with E-state index in [4.69, 9.17) is 10.5 Å². The molecule has 102 valence electrons. The molecule has 7 heteroatoms. The van der Waals surface area contributed by atoms with Gasteiger partial charge in [-0.2, -0.15) is 0 Å². The molecule has 7 nitrogen and oxygen atoms in total. The summed E-state index contributed by atoms with van der Waals surface area (Å²) in [5.41, 5.74) is 5.55.